The Labute approximate surface area is 179 Å². The number of anilines is 1. The minimum absolute atomic E-state index is 0.187. The van der Waals surface area contributed by atoms with Crippen LogP contribution in [0.3, 0.4) is 0 Å². The van der Waals surface area contributed by atoms with Crippen LogP contribution in [-0.4, -0.2) is 75.2 Å². The smallest absolute Gasteiger partial charge is 0.208 e. The van der Waals surface area contributed by atoms with Crippen LogP contribution in [0.4, 0.5) is 5.13 Å². The van der Waals surface area contributed by atoms with E-state index in [-0.39, 0.29) is 5.75 Å². The van der Waals surface area contributed by atoms with Crippen molar-refractivity contribution in [3.05, 3.63) is 36.9 Å². The van der Waals surface area contributed by atoms with Gasteiger partial charge in [0.1, 0.15) is 5.75 Å². The zero-order valence-electron chi connectivity index (χ0n) is 17.3. The molecule has 0 unspecified atom stereocenters. The van der Waals surface area contributed by atoms with E-state index >= 15 is 0 Å². The van der Waals surface area contributed by atoms with Gasteiger partial charge >= 0.3 is 0 Å². The minimum Gasteiger partial charge on any atom is -0.507 e. The first-order valence-electron chi connectivity index (χ1n) is 10.2. The lowest BCUT2D eigenvalue weighted by Crippen LogP contribution is -2.49. The van der Waals surface area contributed by atoms with Crippen LogP contribution in [0.5, 0.6) is 5.75 Å². The molecule has 1 N–H and O–H groups in total. The molecule has 9 heteroatoms. The van der Waals surface area contributed by atoms with Gasteiger partial charge in [-0.1, -0.05) is 11.3 Å². The molecule has 2 fully saturated rings. The summed E-state index contributed by atoms with van der Waals surface area (Å²) < 4.78 is 7.57. The van der Waals surface area contributed by atoms with Gasteiger partial charge in [-0.05, 0) is 38.4 Å². The van der Waals surface area contributed by atoms with Gasteiger partial charge in [-0.25, -0.2) is 4.98 Å². The van der Waals surface area contributed by atoms with Crippen molar-refractivity contribution in [2.45, 2.75) is 43.5 Å². The number of benzene rings is 1. The van der Waals surface area contributed by atoms with Gasteiger partial charge < -0.3 is 19.3 Å². The molecule has 158 valence electrons. The Bertz CT molecular complexity index is 1020. The van der Waals surface area contributed by atoms with Crippen LogP contribution in [-0.2, 0) is 4.74 Å². The lowest BCUT2D eigenvalue weighted by molar-refractivity contribution is 0.0570. The first-order valence-corrected chi connectivity index (χ1v) is 11.0. The van der Waals surface area contributed by atoms with Crippen molar-refractivity contribution in [2.24, 2.45) is 0 Å². The number of fused-ring (bicyclic) bond motifs is 2. The van der Waals surface area contributed by atoms with Crippen molar-refractivity contribution in [1.29, 1.82) is 0 Å². The van der Waals surface area contributed by atoms with Crippen molar-refractivity contribution in [3.8, 4) is 22.0 Å². The molecule has 0 radical (unpaired) electrons. The van der Waals surface area contributed by atoms with Gasteiger partial charge in [0.05, 0.1) is 23.7 Å². The Hall–Kier alpha value is -2.49. The first-order chi connectivity index (χ1) is 14.5. The molecule has 2 aliphatic rings. The molecule has 0 aliphatic carbocycles. The number of ether oxygens (including phenoxy) is 1. The highest BCUT2D eigenvalue weighted by molar-refractivity contribution is 7.18. The van der Waals surface area contributed by atoms with Crippen molar-refractivity contribution in [3.63, 3.8) is 0 Å². The molecular formula is C21H26N6O2S. The zero-order valence-corrected chi connectivity index (χ0v) is 18.2. The number of nitrogens with zero attached hydrogens (tertiary/aromatic N) is 6. The highest BCUT2D eigenvalue weighted by Gasteiger charge is 2.46. The number of phenols is 1. The Morgan fingerprint density at radius 3 is 2.83 bits per heavy atom. The second-order valence-corrected chi connectivity index (χ2v) is 9.15. The predicted molar refractivity (Wildman–Crippen MR) is 116 cm³/mol. The Morgan fingerprint density at radius 2 is 2.10 bits per heavy atom. The van der Waals surface area contributed by atoms with E-state index in [4.69, 9.17) is 4.74 Å². The fraction of sp³-hybridized carbons (Fsp3) is 0.476. The minimum atomic E-state index is 0.187. The number of rotatable bonds is 5. The average molecular weight is 427 g/mol. The number of phenolic OH excluding ortho intramolecular Hbond substituents is 1. The van der Waals surface area contributed by atoms with Crippen LogP contribution in [0.2, 0.25) is 0 Å². The van der Waals surface area contributed by atoms with Gasteiger partial charge in [0, 0.05) is 50.7 Å². The van der Waals surface area contributed by atoms with E-state index in [1.54, 1.807) is 18.6 Å². The van der Waals surface area contributed by atoms with E-state index in [1.807, 2.05) is 30.0 Å². The van der Waals surface area contributed by atoms with Crippen LogP contribution in [0.1, 0.15) is 19.3 Å². The molecule has 2 saturated heterocycles. The van der Waals surface area contributed by atoms with Gasteiger partial charge in [0.25, 0.3) is 0 Å². The van der Waals surface area contributed by atoms with Crippen molar-refractivity contribution in [1.82, 2.24) is 24.6 Å². The number of hydrogen-bond donors (Lipinski definition) is 1. The quantitative estimate of drug-likeness (QED) is 0.672. The second kappa shape index (κ2) is 7.64. The summed E-state index contributed by atoms with van der Waals surface area (Å²) in [6.45, 7) is 0. The molecule has 0 amide bonds. The fourth-order valence-corrected chi connectivity index (χ4v) is 5.77. The molecule has 1 aromatic carbocycles. The standard InChI is InChI=1S/C21H26N6O2S/c1-25-15-8-14(9-17(25)19(11-15)29-3)26(2)21-24-23-20(30-21)16-5-4-13(10-18(16)28)27-7-6-22-12-27/h4-7,10,12,14-15,17,19,28H,8-9,11H2,1-3H3/t14-,15+,17-,19+/m0/s1. The molecule has 2 aliphatic heterocycles. The molecule has 0 saturated carbocycles. The Morgan fingerprint density at radius 1 is 1.23 bits per heavy atom. The Kier molecular flexibility index (Phi) is 4.96. The van der Waals surface area contributed by atoms with Crippen molar-refractivity contribution < 1.29 is 9.84 Å². The lowest BCUT2D eigenvalue weighted by Gasteiger charge is -2.40. The third kappa shape index (κ3) is 3.27. The second-order valence-electron chi connectivity index (χ2n) is 8.19. The fourth-order valence-electron chi connectivity index (χ4n) is 4.86. The van der Waals surface area contributed by atoms with E-state index in [0.29, 0.717) is 29.8 Å². The van der Waals surface area contributed by atoms with Crippen molar-refractivity contribution in [2.75, 3.05) is 26.1 Å². The zero-order chi connectivity index (χ0) is 20.8. The summed E-state index contributed by atoms with van der Waals surface area (Å²) >= 11 is 1.52. The van der Waals surface area contributed by atoms with Crippen LogP contribution in [0.15, 0.2) is 36.9 Å². The number of aromatic nitrogens is 4. The highest BCUT2D eigenvalue weighted by atomic mass is 32.1. The van der Waals surface area contributed by atoms with E-state index < -0.39 is 0 Å². The maximum Gasteiger partial charge on any atom is 0.208 e. The summed E-state index contributed by atoms with van der Waals surface area (Å²) in [5.41, 5.74) is 1.55. The summed E-state index contributed by atoms with van der Waals surface area (Å²) in [5, 5.41) is 21.0. The molecule has 4 heterocycles. The molecule has 5 rings (SSSR count). The number of imidazole rings is 1. The molecule has 8 nitrogen and oxygen atoms in total. The van der Waals surface area contributed by atoms with Crippen LogP contribution in [0, 0.1) is 0 Å². The van der Waals surface area contributed by atoms with Gasteiger partial charge in [0.2, 0.25) is 5.13 Å². The summed E-state index contributed by atoms with van der Waals surface area (Å²) in [6, 6.07) is 6.96. The van der Waals surface area contributed by atoms with Gasteiger partial charge in [-0.3, -0.25) is 4.90 Å². The number of aromatic hydroxyl groups is 1. The molecular weight excluding hydrogens is 400 g/mol. The Balaban J connectivity index is 1.35. The third-order valence-electron chi connectivity index (χ3n) is 6.67. The summed E-state index contributed by atoms with van der Waals surface area (Å²) in [4.78, 5) is 8.78. The number of likely N-dealkylation sites (N-methyl/N-ethyl adjacent to an activating group) is 1. The maximum atomic E-state index is 10.6. The molecule has 30 heavy (non-hydrogen) atoms. The summed E-state index contributed by atoms with van der Waals surface area (Å²) in [6.07, 6.45) is 8.83. The van der Waals surface area contributed by atoms with Gasteiger partial charge in [-0.15, -0.1) is 10.2 Å². The molecule has 4 atom stereocenters. The first kappa shape index (κ1) is 19.5. The number of piperidine rings is 1. The number of methoxy groups -OCH3 is 1. The molecule has 3 aromatic rings. The van der Waals surface area contributed by atoms with Crippen LogP contribution < -0.4 is 4.90 Å². The van der Waals surface area contributed by atoms with Crippen LogP contribution in [0.25, 0.3) is 16.3 Å². The summed E-state index contributed by atoms with van der Waals surface area (Å²) in [5.74, 6) is 0.187. The number of hydrogen-bond acceptors (Lipinski definition) is 8. The molecule has 2 bridgehead atoms. The van der Waals surface area contributed by atoms with Crippen molar-refractivity contribution >= 4 is 16.5 Å². The highest BCUT2D eigenvalue weighted by Crippen LogP contribution is 2.40. The topological polar surface area (TPSA) is 79.5 Å². The van der Waals surface area contributed by atoms with E-state index in [0.717, 1.165) is 35.1 Å². The summed E-state index contributed by atoms with van der Waals surface area (Å²) in [7, 11) is 6.13. The lowest BCUT2D eigenvalue weighted by atomic mass is 9.97. The maximum absolute atomic E-state index is 10.6. The van der Waals surface area contributed by atoms with E-state index in [9.17, 15) is 5.11 Å². The SMILES string of the molecule is CO[C@@H]1C[C@H]2C[C@H](N(C)c3nnc(-c4ccc(-n5ccnc5)cc4O)s3)C[C@@H]1N2C. The van der Waals surface area contributed by atoms with E-state index in [1.165, 1.54) is 11.3 Å². The van der Waals surface area contributed by atoms with Crippen LogP contribution >= 0.6 is 11.3 Å². The average Bonchev–Trinajstić information content (AvgIpc) is 3.47. The third-order valence-corrected chi connectivity index (χ3v) is 7.72. The van der Waals surface area contributed by atoms with E-state index in [2.05, 4.69) is 39.1 Å². The predicted octanol–water partition coefficient (Wildman–Crippen LogP) is 2.78. The largest absolute Gasteiger partial charge is 0.507 e. The normalized spacial score (nSPS) is 26.2. The van der Waals surface area contributed by atoms with Gasteiger partial charge in [-0.2, -0.15) is 0 Å². The molecule has 2 aromatic heterocycles. The monoisotopic (exact) mass is 426 g/mol. The van der Waals surface area contributed by atoms with Gasteiger partial charge in [0.15, 0.2) is 5.01 Å². The molecule has 0 spiro atoms.